The van der Waals surface area contributed by atoms with Crippen molar-refractivity contribution in [3.8, 4) is 0 Å². The van der Waals surface area contributed by atoms with E-state index in [0.717, 1.165) is 6.42 Å². The molecule has 0 saturated heterocycles. The maximum absolute atomic E-state index is 2.48. The van der Waals surface area contributed by atoms with Crippen LogP contribution in [0.5, 0.6) is 0 Å². The van der Waals surface area contributed by atoms with E-state index in [1.165, 1.54) is 116 Å². The average Bonchev–Trinajstić information content (AvgIpc) is 3.10. The fourth-order valence-corrected chi connectivity index (χ4v) is 8.83. The molecular formula is C53H49N. The van der Waals surface area contributed by atoms with Crippen LogP contribution in [0.25, 0.3) is 44.0 Å². The van der Waals surface area contributed by atoms with Crippen molar-refractivity contribution >= 4 is 61.0 Å². The van der Waals surface area contributed by atoms with Crippen molar-refractivity contribution in [2.75, 3.05) is 4.90 Å². The average molecular weight is 700 g/mol. The fourth-order valence-electron chi connectivity index (χ4n) is 8.83. The Bertz CT molecular complexity index is 2650. The van der Waals surface area contributed by atoms with Crippen LogP contribution in [0.2, 0.25) is 0 Å². The number of hydrogen-bond donors (Lipinski definition) is 0. The third-order valence-electron chi connectivity index (χ3n) is 10.7. The van der Waals surface area contributed by atoms with E-state index < -0.39 is 0 Å². The summed E-state index contributed by atoms with van der Waals surface area (Å²) in [6, 6.07) is 50.6. The maximum atomic E-state index is 2.48. The normalized spacial score (nSPS) is 11.9. The molecule has 0 amide bonds. The highest BCUT2D eigenvalue weighted by atomic mass is 15.1. The van der Waals surface area contributed by atoms with Crippen molar-refractivity contribution in [2.45, 2.75) is 61.8 Å². The standard InChI is InChI=1S/C53H49N/c1-33-17-34(2)22-41(21-33)29-43(42-23-35(3)18-36(4)24-42)30-44-31-51-49-15-11-12-16-50(49)53(32-52(51)48-14-10-9-13-47(44)48)54(45-25-37(5)19-38(6)26-45)46-27-39(7)20-40(8)28-46/h9-28,30-32H,29H2,1-8H3/b43-30-. The molecule has 8 aromatic rings. The molecule has 0 radical (unpaired) electrons. The Labute approximate surface area is 321 Å². The molecule has 1 heteroatoms. The van der Waals surface area contributed by atoms with E-state index in [1.807, 2.05) is 0 Å². The first-order valence-electron chi connectivity index (χ1n) is 19.2. The molecule has 8 rings (SSSR count). The lowest BCUT2D eigenvalue weighted by atomic mass is 9.89. The summed E-state index contributed by atoms with van der Waals surface area (Å²) in [6.07, 6.45) is 3.33. The molecule has 0 N–H and O–H groups in total. The second kappa shape index (κ2) is 14.1. The minimum Gasteiger partial charge on any atom is -0.310 e. The summed E-state index contributed by atoms with van der Waals surface area (Å²) in [5.41, 5.74) is 19.0. The molecule has 1 nitrogen and oxygen atoms in total. The monoisotopic (exact) mass is 699 g/mol. The first-order chi connectivity index (χ1) is 26.0. The molecule has 0 fully saturated rings. The number of fused-ring (bicyclic) bond motifs is 5. The zero-order valence-electron chi connectivity index (χ0n) is 32.9. The molecule has 0 unspecified atom stereocenters. The van der Waals surface area contributed by atoms with Gasteiger partial charge in [-0.25, -0.2) is 0 Å². The Morgan fingerprint density at radius 2 is 0.815 bits per heavy atom. The molecule has 8 aromatic carbocycles. The van der Waals surface area contributed by atoms with Crippen LogP contribution in [0.3, 0.4) is 0 Å². The Hall–Kier alpha value is -5.92. The molecule has 0 spiro atoms. The first kappa shape index (κ1) is 35.1. The Balaban J connectivity index is 1.43. The van der Waals surface area contributed by atoms with Crippen molar-refractivity contribution in [3.63, 3.8) is 0 Å². The lowest BCUT2D eigenvalue weighted by Gasteiger charge is -2.29. The van der Waals surface area contributed by atoms with Gasteiger partial charge in [0.25, 0.3) is 0 Å². The summed E-state index contributed by atoms with van der Waals surface area (Å²) in [5, 5.41) is 7.55. The van der Waals surface area contributed by atoms with Crippen LogP contribution in [0.15, 0.2) is 133 Å². The van der Waals surface area contributed by atoms with E-state index in [-0.39, 0.29) is 0 Å². The van der Waals surface area contributed by atoms with Gasteiger partial charge in [0.1, 0.15) is 0 Å². The fraction of sp³-hybridized carbons (Fsp3) is 0.170. The van der Waals surface area contributed by atoms with Gasteiger partial charge in [-0.1, -0.05) is 125 Å². The number of hydrogen-bond acceptors (Lipinski definition) is 1. The predicted octanol–water partition coefficient (Wildman–Crippen LogP) is 14.9. The number of rotatable bonds is 7. The molecule has 0 atom stereocenters. The van der Waals surface area contributed by atoms with Gasteiger partial charge in [-0.15, -0.1) is 0 Å². The van der Waals surface area contributed by atoms with E-state index in [4.69, 9.17) is 0 Å². The van der Waals surface area contributed by atoms with Gasteiger partial charge in [0.2, 0.25) is 0 Å². The van der Waals surface area contributed by atoms with E-state index in [1.54, 1.807) is 0 Å². The summed E-state index contributed by atoms with van der Waals surface area (Å²) in [6.45, 7) is 17.6. The molecule has 0 aliphatic rings. The van der Waals surface area contributed by atoms with Crippen molar-refractivity contribution in [1.29, 1.82) is 0 Å². The number of nitrogens with zero attached hydrogens (tertiary/aromatic N) is 1. The van der Waals surface area contributed by atoms with Crippen LogP contribution in [0.4, 0.5) is 17.1 Å². The largest absolute Gasteiger partial charge is 0.310 e. The van der Waals surface area contributed by atoms with Gasteiger partial charge in [0.15, 0.2) is 0 Å². The smallest absolute Gasteiger partial charge is 0.0546 e. The van der Waals surface area contributed by atoms with Crippen molar-refractivity contribution in [3.05, 3.63) is 195 Å². The Morgan fingerprint density at radius 3 is 1.33 bits per heavy atom. The van der Waals surface area contributed by atoms with Crippen molar-refractivity contribution < 1.29 is 0 Å². The highest BCUT2D eigenvalue weighted by Gasteiger charge is 2.20. The van der Waals surface area contributed by atoms with Crippen LogP contribution in [-0.4, -0.2) is 0 Å². The van der Waals surface area contributed by atoms with Gasteiger partial charge in [-0.05, 0) is 170 Å². The van der Waals surface area contributed by atoms with Gasteiger partial charge in [-0.3, -0.25) is 0 Å². The van der Waals surface area contributed by atoms with Gasteiger partial charge in [-0.2, -0.15) is 0 Å². The molecule has 0 saturated carbocycles. The molecule has 266 valence electrons. The minimum absolute atomic E-state index is 0.859. The zero-order chi connectivity index (χ0) is 37.7. The van der Waals surface area contributed by atoms with E-state index in [0.29, 0.717) is 0 Å². The SMILES string of the molecule is Cc1cc(C)cc(C/C(=C/c2cc3c4ccccc4c(N(c4cc(C)cc(C)c4)c4cc(C)cc(C)c4)cc3c3ccccc23)c2cc(C)cc(C)c2)c1. The second-order valence-electron chi connectivity index (χ2n) is 15.8. The van der Waals surface area contributed by atoms with Gasteiger partial charge in [0.05, 0.1) is 5.69 Å². The number of benzene rings is 8. The van der Waals surface area contributed by atoms with Crippen LogP contribution in [0, 0.1) is 55.4 Å². The van der Waals surface area contributed by atoms with Crippen LogP contribution in [0.1, 0.15) is 61.2 Å². The third kappa shape index (κ3) is 6.95. The minimum atomic E-state index is 0.859. The highest BCUT2D eigenvalue weighted by molar-refractivity contribution is 6.23. The zero-order valence-corrected chi connectivity index (χ0v) is 32.9. The van der Waals surface area contributed by atoms with E-state index >= 15 is 0 Å². The van der Waals surface area contributed by atoms with Crippen LogP contribution in [-0.2, 0) is 6.42 Å². The third-order valence-corrected chi connectivity index (χ3v) is 10.7. The van der Waals surface area contributed by atoms with Crippen molar-refractivity contribution in [1.82, 2.24) is 0 Å². The number of anilines is 3. The Kier molecular flexibility index (Phi) is 9.20. The summed E-state index contributed by atoms with van der Waals surface area (Å²) in [7, 11) is 0. The first-order valence-corrected chi connectivity index (χ1v) is 19.2. The molecule has 0 aliphatic heterocycles. The summed E-state index contributed by atoms with van der Waals surface area (Å²) >= 11 is 0. The quantitative estimate of drug-likeness (QED) is 0.118. The van der Waals surface area contributed by atoms with E-state index in [9.17, 15) is 0 Å². The lowest BCUT2D eigenvalue weighted by Crippen LogP contribution is -2.12. The van der Waals surface area contributed by atoms with Crippen LogP contribution < -0.4 is 4.90 Å². The summed E-state index contributed by atoms with van der Waals surface area (Å²) in [4.78, 5) is 2.48. The number of aryl methyl sites for hydroxylation is 8. The number of allylic oxidation sites excluding steroid dienone is 1. The topological polar surface area (TPSA) is 3.24 Å². The molecule has 0 heterocycles. The lowest BCUT2D eigenvalue weighted by molar-refractivity contribution is 1.23. The maximum Gasteiger partial charge on any atom is 0.0546 e. The summed E-state index contributed by atoms with van der Waals surface area (Å²) in [5.74, 6) is 0. The highest BCUT2D eigenvalue weighted by Crippen LogP contribution is 2.45. The second-order valence-corrected chi connectivity index (χ2v) is 15.8. The van der Waals surface area contributed by atoms with Gasteiger partial charge >= 0.3 is 0 Å². The van der Waals surface area contributed by atoms with Crippen molar-refractivity contribution in [2.24, 2.45) is 0 Å². The molecule has 54 heavy (non-hydrogen) atoms. The van der Waals surface area contributed by atoms with Gasteiger partial charge < -0.3 is 4.90 Å². The van der Waals surface area contributed by atoms with E-state index in [2.05, 4.69) is 200 Å². The summed E-state index contributed by atoms with van der Waals surface area (Å²) < 4.78 is 0. The Morgan fingerprint density at radius 1 is 0.407 bits per heavy atom. The molecule has 0 bridgehead atoms. The van der Waals surface area contributed by atoms with Crippen LogP contribution >= 0.6 is 0 Å². The van der Waals surface area contributed by atoms with Gasteiger partial charge in [0, 0.05) is 16.8 Å². The predicted molar refractivity (Wildman–Crippen MR) is 236 cm³/mol. The molecule has 0 aromatic heterocycles. The molecular weight excluding hydrogens is 651 g/mol. The molecule has 0 aliphatic carbocycles.